The molecule has 3 rings (SSSR count). The molecular weight excluding hydrogens is 471 g/mol. The molecule has 11 heteroatoms. The first-order valence-corrected chi connectivity index (χ1v) is 10.4. The van der Waals surface area contributed by atoms with E-state index in [-0.39, 0.29) is 22.3 Å². The average molecular weight is 487 g/mol. The Hall–Kier alpha value is -4.17. The number of alkyl halides is 3. The minimum atomic E-state index is -4.56. The van der Waals surface area contributed by atoms with Crippen LogP contribution in [0.5, 0.6) is 11.5 Å². The van der Waals surface area contributed by atoms with E-state index >= 15 is 0 Å². The molecule has 174 valence electrons. The van der Waals surface area contributed by atoms with Gasteiger partial charge in [0.25, 0.3) is 0 Å². The minimum absolute atomic E-state index is 0.0134. The predicted octanol–water partition coefficient (Wildman–Crippen LogP) is 5.35. The molecule has 1 heterocycles. The van der Waals surface area contributed by atoms with Crippen LogP contribution in [0.1, 0.15) is 23.7 Å². The number of amides is 1. The van der Waals surface area contributed by atoms with Crippen LogP contribution in [-0.4, -0.2) is 24.0 Å². The van der Waals surface area contributed by atoms with Crippen LogP contribution in [0.25, 0.3) is 6.08 Å². The van der Waals surface area contributed by atoms with E-state index in [1.165, 1.54) is 55.8 Å². The van der Waals surface area contributed by atoms with Crippen LogP contribution in [0.4, 0.5) is 24.0 Å². The van der Waals surface area contributed by atoms with Gasteiger partial charge in [0, 0.05) is 24.4 Å². The Morgan fingerprint density at radius 1 is 1.18 bits per heavy atom. The molecule has 0 fully saturated rings. The molecule has 0 N–H and O–H groups in total. The van der Waals surface area contributed by atoms with E-state index in [1.807, 2.05) is 6.07 Å². The van der Waals surface area contributed by atoms with Crippen LogP contribution in [-0.2, 0) is 15.8 Å². The number of thiazole rings is 1. The highest BCUT2D eigenvalue weighted by Crippen LogP contribution is 2.35. The summed E-state index contributed by atoms with van der Waals surface area (Å²) in [7, 11) is 1.37. The zero-order chi connectivity index (χ0) is 24.9. The number of carbonyl (C=O) groups is 2. The molecule has 7 nitrogen and oxygen atoms in total. The molecule has 0 saturated heterocycles. The van der Waals surface area contributed by atoms with E-state index < -0.39 is 23.6 Å². The number of anilines is 2. The molecule has 0 unspecified atom stereocenters. The zero-order valence-corrected chi connectivity index (χ0v) is 18.6. The first-order chi connectivity index (χ1) is 16.1. The van der Waals surface area contributed by atoms with Gasteiger partial charge in [0.05, 0.1) is 35.7 Å². The molecule has 0 atom stereocenters. The first-order valence-electron chi connectivity index (χ1n) is 9.54. The summed E-state index contributed by atoms with van der Waals surface area (Å²) in [4.78, 5) is 29.6. The molecule has 0 saturated carbocycles. The predicted molar refractivity (Wildman–Crippen MR) is 119 cm³/mol. The van der Waals surface area contributed by atoms with Crippen molar-refractivity contribution in [1.82, 2.24) is 4.98 Å². The number of ether oxygens (including phenoxy) is 2. The Balaban J connectivity index is 1.78. The van der Waals surface area contributed by atoms with Crippen LogP contribution < -0.4 is 14.4 Å². The Labute approximate surface area is 196 Å². The van der Waals surface area contributed by atoms with Crippen LogP contribution in [0, 0.1) is 11.3 Å². The molecule has 1 amide bonds. The fraction of sp³-hybridized carbons (Fsp3) is 0.130. The monoisotopic (exact) mass is 487 g/mol. The zero-order valence-electron chi connectivity index (χ0n) is 17.8. The van der Waals surface area contributed by atoms with Gasteiger partial charge in [0.2, 0.25) is 5.91 Å². The molecule has 1 aromatic heterocycles. The summed E-state index contributed by atoms with van der Waals surface area (Å²) >= 11 is 1.02. The lowest BCUT2D eigenvalue weighted by molar-refractivity contribution is -0.137. The number of methoxy groups -OCH3 is 1. The summed E-state index contributed by atoms with van der Waals surface area (Å²) < 4.78 is 49.5. The summed E-state index contributed by atoms with van der Waals surface area (Å²) in [5.74, 6) is -0.965. The van der Waals surface area contributed by atoms with Crippen LogP contribution >= 0.6 is 11.3 Å². The van der Waals surface area contributed by atoms with Crippen molar-refractivity contribution in [2.24, 2.45) is 0 Å². The van der Waals surface area contributed by atoms with Crippen molar-refractivity contribution in [2.75, 3.05) is 12.0 Å². The number of benzene rings is 2. The van der Waals surface area contributed by atoms with Crippen molar-refractivity contribution in [2.45, 2.75) is 13.1 Å². The third kappa shape index (κ3) is 5.79. The van der Waals surface area contributed by atoms with E-state index in [9.17, 15) is 22.8 Å². The second-order valence-corrected chi connectivity index (χ2v) is 7.53. The van der Waals surface area contributed by atoms with E-state index in [4.69, 9.17) is 14.7 Å². The fourth-order valence-electron chi connectivity index (χ4n) is 2.82. The number of esters is 1. The summed E-state index contributed by atoms with van der Waals surface area (Å²) in [6, 6.07) is 10.6. The largest absolute Gasteiger partial charge is 0.493 e. The lowest BCUT2D eigenvalue weighted by atomic mass is 10.2. The Bertz CT molecular complexity index is 1300. The number of rotatable bonds is 6. The summed E-state index contributed by atoms with van der Waals surface area (Å²) in [6.07, 6.45) is -2.13. The quantitative estimate of drug-likeness (QED) is 0.265. The van der Waals surface area contributed by atoms with Crippen molar-refractivity contribution in [3.8, 4) is 17.6 Å². The molecule has 2 aromatic carbocycles. The van der Waals surface area contributed by atoms with Crippen molar-refractivity contribution in [3.05, 3.63) is 70.7 Å². The smallest absolute Gasteiger partial charge is 0.416 e. The molecule has 0 aliphatic carbocycles. The highest BCUT2D eigenvalue weighted by Gasteiger charge is 2.31. The second-order valence-electron chi connectivity index (χ2n) is 6.69. The molecule has 0 spiro atoms. The number of nitriles is 1. The lowest BCUT2D eigenvalue weighted by Crippen LogP contribution is -2.23. The van der Waals surface area contributed by atoms with Gasteiger partial charge < -0.3 is 9.47 Å². The number of halogens is 3. The normalized spacial score (nSPS) is 11.2. The average Bonchev–Trinajstić information content (AvgIpc) is 3.25. The lowest BCUT2D eigenvalue weighted by Gasteiger charge is -2.19. The van der Waals surface area contributed by atoms with Gasteiger partial charge in [-0.2, -0.15) is 18.4 Å². The maximum absolute atomic E-state index is 13.1. The number of aromatic nitrogens is 1. The third-order valence-corrected chi connectivity index (χ3v) is 5.19. The second kappa shape index (κ2) is 10.2. The fourth-order valence-corrected chi connectivity index (χ4v) is 3.68. The molecule has 0 aliphatic heterocycles. The number of carbonyl (C=O) groups excluding carboxylic acids is 2. The van der Waals surface area contributed by atoms with Gasteiger partial charge >= 0.3 is 12.1 Å². The topological polar surface area (TPSA) is 92.5 Å². The van der Waals surface area contributed by atoms with Gasteiger partial charge in [-0.05, 0) is 36.4 Å². The SMILES string of the molecule is COc1cc(C#N)ccc1OC(=O)/C=C/c1csc(N(C(C)=O)c2cccc(C(F)(F)F)c2)n1. The van der Waals surface area contributed by atoms with Gasteiger partial charge in [0.15, 0.2) is 16.6 Å². The molecule has 0 aliphatic rings. The Morgan fingerprint density at radius 3 is 2.59 bits per heavy atom. The first kappa shape index (κ1) is 24.5. The van der Waals surface area contributed by atoms with Crippen molar-refractivity contribution in [1.29, 1.82) is 5.26 Å². The summed E-state index contributed by atoms with van der Waals surface area (Å²) in [5.41, 5.74) is -0.256. The Morgan fingerprint density at radius 2 is 1.94 bits per heavy atom. The van der Waals surface area contributed by atoms with Crippen molar-refractivity contribution in [3.63, 3.8) is 0 Å². The summed E-state index contributed by atoms with van der Waals surface area (Å²) in [5, 5.41) is 10.6. The van der Waals surface area contributed by atoms with Gasteiger partial charge in [-0.3, -0.25) is 9.69 Å². The van der Waals surface area contributed by atoms with E-state index in [0.717, 1.165) is 34.4 Å². The third-order valence-electron chi connectivity index (χ3n) is 4.34. The summed E-state index contributed by atoms with van der Waals surface area (Å²) in [6.45, 7) is 1.21. The van der Waals surface area contributed by atoms with E-state index in [2.05, 4.69) is 4.98 Å². The number of hydrogen-bond donors (Lipinski definition) is 0. The van der Waals surface area contributed by atoms with Gasteiger partial charge in [-0.1, -0.05) is 6.07 Å². The molecule has 0 radical (unpaired) electrons. The standard InChI is InChI=1S/C23H16F3N3O4S/c1-14(30)29(18-5-3-4-16(11-18)23(24,25)26)22-28-17(13-34-22)7-9-21(31)33-19-8-6-15(12-27)10-20(19)32-2/h3-11,13H,1-2H3/b9-7+. The van der Waals surface area contributed by atoms with Gasteiger partial charge in [0.1, 0.15) is 0 Å². The highest BCUT2D eigenvalue weighted by atomic mass is 32.1. The van der Waals surface area contributed by atoms with E-state index in [1.54, 1.807) is 0 Å². The molecule has 0 bridgehead atoms. The van der Waals surface area contributed by atoms with Crippen LogP contribution in [0.2, 0.25) is 0 Å². The van der Waals surface area contributed by atoms with Gasteiger partial charge in [-0.15, -0.1) is 11.3 Å². The minimum Gasteiger partial charge on any atom is -0.493 e. The molecule has 34 heavy (non-hydrogen) atoms. The molecular formula is C23H16F3N3O4S. The number of hydrogen-bond acceptors (Lipinski definition) is 7. The molecule has 3 aromatic rings. The Kier molecular flexibility index (Phi) is 7.33. The van der Waals surface area contributed by atoms with Crippen molar-refractivity contribution >= 4 is 40.1 Å². The maximum atomic E-state index is 13.1. The maximum Gasteiger partial charge on any atom is 0.416 e. The van der Waals surface area contributed by atoms with Crippen LogP contribution in [0.3, 0.4) is 0 Å². The van der Waals surface area contributed by atoms with Crippen molar-refractivity contribution < 1.29 is 32.2 Å². The number of nitrogens with zero attached hydrogens (tertiary/aromatic N) is 3. The van der Waals surface area contributed by atoms with E-state index in [0.29, 0.717) is 11.3 Å². The van der Waals surface area contributed by atoms with Gasteiger partial charge in [-0.25, -0.2) is 9.78 Å². The van der Waals surface area contributed by atoms with Crippen LogP contribution in [0.15, 0.2) is 53.9 Å². The highest BCUT2D eigenvalue weighted by molar-refractivity contribution is 7.14.